The lowest BCUT2D eigenvalue weighted by Crippen LogP contribution is -2.60. The maximum atomic E-state index is 13.9. The van der Waals surface area contributed by atoms with E-state index in [2.05, 4.69) is 0 Å². The monoisotopic (exact) mass is 383 g/mol. The van der Waals surface area contributed by atoms with Crippen LogP contribution >= 0.6 is 0 Å². The largest absolute Gasteiger partial charge is 0.408 e. The molecule has 1 aromatic carbocycles. The van der Waals surface area contributed by atoms with Gasteiger partial charge in [0.2, 0.25) is 5.91 Å². The summed E-state index contributed by atoms with van der Waals surface area (Å²) in [5.41, 5.74) is 3.83. The molecule has 0 bridgehead atoms. The first kappa shape index (κ1) is 19.9. The van der Waals surface area contributed by atoms with Crippen LogP contribution in [0.4, 0.5) is 31.1 Å². The Morgan fingerprint density at radius 3 is 2.50 bits per heavy atom. The molecule has 0 saturated carbocycles. The second-order valence-corrected chi connectivity index (χ2v) is 5.81. The van der Waals surface area contributed by atoms with Gasteiger partial charge >= 0.3 is 12.2 Å². The van der Waals surface area contributed by atoms with Crippen LogP contribution in [0, 0.1) is 5.82 Å². The average molecular weight is 383 g/mol. The molecule has 26 heavy (non-hydrogen) atoms. The van der Waals surface area contributed by atoms with Gasteiger partial charge in [0.15, 0.2) is 0 Å². The predicted octanol–water partition coefficient (Wildman–Crippen LogP) is 2.85. The molecule has 3 N–H and O–H groups in total. The Hall–Kier alpha value is -2.46. The number of urea groups is 1. The maximum absolute atomic E-state index is 13.9. The van der Waals surface area contributed by atoms with E-state index in [9.17, 15) is 35.9 Å². The van der Waals surface area contributed by atoms with Crippen molar-refractivity contribution < 1.29 is 35.9 Å². The van der Waals surface area contributed by atoms with E-state index in [0.29, 0.717) is 17.0 Å². The number of rotatable bonds is 4. The van der Waals surface area contributed by atoms with E-state index in [-0.39, 0.29) is 6.42 Å². The van der Waals surface area contributed by atoms with Gasteiger partial charge in [-0.15, -0.1) is 0 Å². The maximum Gasteiger partial charge on any atom is 0.408 e. The molecule has 0 unspecified atom stereocenters. The number of alkyl halides is 5. The Kier molecular flexibility index (Phi) is 5.67. The molecular weight excluding hydrogens is 368 g/mol. The van der Waals surface area contributed by atoms with Crippen molar-refractivity contribution >= 4 is 11.9 Å². The van der Waals surface area contributed by atoms with Gasteiger partial charge < -0.3 is 16.0 Å². The molecule has 1 saturated heterocycles. The molecule has 2 atom stereocenters. The van der Waals surface area contributed by atoms with Gasteiger partial charge in [0.05, 0.1) is 0 Å². The lowest BCUT2D eigenvalue weighted by atomic mass is 9.95. The molecule has 1 aliphatic rings. The zero-order valence-electron chi connectivity index (χ0n) is 13.2. The number of hydrogen-bond donors (Lipinski definition) is 2. The van der Waals surface area contributed by atoms with Gasteiger partial charge in [-0.1, -0.05) is 6.07 Å². The minimum atomic E-state index is -4.80. The van der Waals surface area contributed by atoms with Crippen molar-refractivity contribution in [3.63, 3.8) is 0 Å². The summed E-state index contributed by atoms with van der Waals surface area (Å²) in [6, 6.07) is -2.40. The van der Waals surface area contributed by atoms with Gasteiger partial charge in [-0.3, -0.25) is 4.79 Å². The summed E-state index contributed by atoms with van der Waals surface area (Å²) in [5, 5.41) is 2.03. The highest BCUT2D eigenvalue weighted by molar-refractivity contribution is 5.87. The summed E-state index contributed by atoms with van der Waals surface area (Å²) < 4.78 is 79.2. The minimum absolute atomic E-state index is 0.304. The summed E-state index contributed by atoms with van der Waals surface area (Å²) in [6.07, 6.45) is -8.60. The number of hydrogen-bond acceptors (Lipinski definition) is 2. The van der Waals surface area contributed by atoms with Gasteiger partial charge in [0.1, 0.15) is 17.9 Å². The molecule has 2 rings (SSSR count). The SMILES string of the molecule is NC(=O)N[C@@H]1CC[C@@H](C(F)(F)F)N(Cc2cc(C(F)F)ccc2F)C1=O. The summed E-state index contributed by atoms with van der Waals surface area (Å²) >= 11 is 0. The molecule has 144 valence electrons. The molecule has 0 aromatic heterocycles. The number of carbonyl (C=O) groups excluding carboxylic acids is 2. The number of halogens is 6. The van der Waals surface area contributed by atoms with E-state index in [1.165, 1.54) is 0 Å². The van der Waals surface area contributed by atoms with Crippen molar-refractivity contribution in [3.05, 3.63) is 35.1 Å². The third-order valence-electron chi connectivity index (χ3n) is 4.04. The summed E-state index contributed by atoms with van der Waals surface area (Å²) in [7, 11) is 0. The van der Waals surface area contributed by atoms with Crippen molar-refractivity contribution in [2.24, 2.45) is 5.73 Å². The third-order valence-corrected chi connectivity index (χ3v) is 4.04. The first-order valence-corrected chi connectivity index (χ1v) is 7.50. The number of nitrogens with two attached hydrogens (primary N) is 1. The number of nitrogens with zero attached hydrogens (tertiary/aromatic N) is 1. The van der Waals surface area contributed by atoms with Crippen LogP contribution in [-0.4, -0.2) is 35.1 Å². The van der Waals surface area contributed by atoms with Crippen LogP contribution in [-0.2, 0) is 11.3 Å². The number of carbonyl (C=O) groups is 2. The van der Waals surface area contributed by atoms with E-state index < -0.39 is 66.5 Å². The number of amides is 3. The fourth-order valence-corrected chi connectivity index (χ4v) is 2.83. The second-order valence-electron chi connectivity index (χ2n) is 5.81. The van der Waals surface area contributed by atoms with Gasteiger partial charge in [-0.2, -0.15) is 13.2 Å². The molecular formula is C15H15F6N3O2. The first-order valence-electron chi connectivity index (χ1n) is 7.50. The van der Waals surface area contributed by atoms with Crippen molar-refractivity contribution in [2.75, 3.05) is 0 Å². The molecule has 0 aliphatic carbocycles. The fraction of sp³-hybridized carbons (Fsp3) is 0.467. The van der Waals surface area contributed by atoms with Gasteiger partial charge in [-0.25, -0.2) is 18.0 Å². The summed E-state index contributed by atoms with van der Waals surface area (Å²) in [6.45, 7) is -0.869. The van der Waals surface area contributed by atoms with Gasteiger partial charge in [-0.05, 0) is 25.0 Å². The minimum Gasteiger partial charge on any atom is -0.352 e. The topological polar surface area (TPSA) is 75.4 Å². The molecule has 0 spiro atoms. The van der Waals surface area contributed by atoms with Crippen molar-refractivity contribution in [2.45, 2.75) is 44.1 Å². The third kappa shape index (κ3) is 4.38. The zero-order valence-corrected chi connectivity index (χ0v) is 13.2. The van der Waals surface area contributed by atoms with Crippen molar-refractivity contribution in [3.8, 4) is 0 Å². The van der Waals surface area contributed by atoms with Crippen molar-refractivity contribution in [1.29, 1.82) is 0 Å². The van der Waals surface area contributed by atoms with Crippen LogP contribution in [0.3, 0.4) is 0 Å². The van der Waals surface area contributed by atoms with Crippen molar-refractivity contribution in [1.82, 2.24) is 10.2 Å². The van der Waals surface area contributed by atoms with Crippen LogP contribution in [0.5, 0.6) is 0 Å². The highest BCUT2D eigenvalue weighted by Gasteiger charge is 2.49. The van der Waals surface area contributed by atoms with E-state index in [1.54, 1.807) is 0 Å². The Bertz CT molecular complexity index is 694. The molecule has 1 heterocycles. The lowest BCUT2D eigenvalue weighted by Gasteiger charge is -2.40. The van der Waals surface area contributed by atoms with Gasteiger partial charge in [0, 0.05) is 17.7 Å². The fourth-order valence-electron chi connectivity index (χ4n) is 2.83. The Morgan fingerprint density at radius 1 is 1.31 bits per heavy atom. The molecule has 1 aromatic rings. The average Bonchev–Trinajstić information content (AvgIpc) is 2.51. The molecule has 1 fully saturated rings. The Balaban J connectivity index is 2.35. The highest BCUT2D eigenvalue weighted by atomic mass is 19.4. The number of benzene rings is 1. The molecule has 5 nitrogen and oxygen atoms in total. The molecule has 3 amide bonds. The van der Waals surface area contributed by atoms with E-state index >= 15 is 0 Å². The number of nitrogens with one attached hydrogen (secondary N) is 1. The zero-order chi connectivity index (χ0) is 19.6. The quantitative estimate of drug-likeness (QED) is 0.785. The van der Waals surface area contributed by atoms with Crippen LogP contribution in [0.25, 0.3) is 0 Å². The van der Waals surface area contributed by atoms with Crippen LogP contribution in [0.15, 0.2) is 18.2 Å². The van der Waals surface area contributed by atoms with Crippen LogP contribution in [0.2, 0.25) is 0 Å². The number of likely N-dealkylation sites (tertiary alicyclic amines) is 1. The van der Waals surface area contributed by atoms with Crippen LogP contribution < -0.4 is 11.1 Å². The Labute approximate surface area is 144 Å². The second kappa shape index (κ2) is 7.42. The predicted molar refractivity (Wildman–Crippen MR) is 77.5 cm³/mol. The Morgan fingerprint density at radius 2 is 1.96 bits per heavy atom. The van der Waals surface area contributed by atoms with Crippen LogP contribution in [0.1, 0.15) is 30.4 Å². The number of piperidine rings is 1. The summed E-state index contributed by atoms with van der Waals surface area (Å²) in [5.74, 6) is -2.13. The molecule has 11 heteroatoms. The number of primary amides is 1. The summed E-state index contributed by atoms with van der Waals surface area (Å²) in [4.78, 5) is 23.6. The smallest absolute Gasteiger partial charge is 0.352 e. The normalized spacial score (nSPS) is 21.2. The first-order chi connectivity index (χ1) is 12.0. The molecule has 0 radical (unpaired) electrons. The van der Waals surface area contributed by atoms with E-state index in [1.807, 2.05) is 5.32 Å². The van der Waals surface area contributed by atoms with E-state index in [4.69, 9.17) is 5.73 Å². The molecule has 1 aliphatic heterocycles. The lowest BCUT2D eigenvalue weighted by molar-refractivity contribution is -0.199. The highest BCUT2D eigenvalue weighted by Crippen LogP contribution is 2.34. The van der Waals surface area contributed by atoms with E-state index in [0.717, 1.165) is 6.07 Å². The van der Waals surface area contributed by atoms with Gasteiger partial charge in [0.25, 0.3) is 6.43 Å². The standard InChI is InChI=1S/C15H15F6N3O2/c16-9-2-1-7(12(17)18)5-8(9)6-24-11(15(19,20)21)4-3-10(13(24)25)23-14(22)26/h1-2,5,10-12H,3-4,6H2,(H3,22,23,26)/t10-,11+/m1/s1.